The maximum Gasteiger partial charge on any atom is 0.338 e. The van der Waals surface area contributed by atoms with E-state index in [0.29, 0.717) is 27.0 Å². The van der Waals surface area contributed by atoms with Crippen LogP contribution >= 0.6 is 46.4 Å². The number of aromatic carboxylic acids is 2. The first kappa shape index (κ1) is 33.4. The summed E-state index contributed by atoms with van der Waals surface area (Å²) in [4.78, 5) is 34.1. The Hall–Kier alpha value is -5.53. The van der Waals surface area contributed by atoms with Crippen molar-refractivity contribution in [2.24, 2.45) is 16.7 Å². The van der Waals surface area contributed by atoms with Gasteiger partial charge in [0.1, 0.15) is 0 Å². The van der Waals surface area contributed by atoms with Crippen molar-refractivity contribution in [3.63, 3.8) is 0 Å². The van der Waals surface area contributed by atoms with Crippen LogP contribution in [-0.4, -0.2) is 38.0 Å². The third-order valence-electron chi connectivity index (χ3n) is 7.58. The fourth-order valence-corrected chi connectivity index (χ4v) is 6.24. The maximum atomic E-state index is 13.1. The highest BCUT2D eigenvalue weighted by molar-refractivity contribution is 6.36. The summed E-state index contributed by atoms with van der Waals surface area (Å²) in [7, 11) is 0. The molecular weight excluding hydrogens is 714 g/mol. The Bertz CT molecular complexity index is 2400. The van der Waals surface area contributed by atoms with E-state index in [-0.39, 0.29) is 77.0 Å². The highest BCUT2D eigenvalue weighted by Gasteiger charge is 2.26. The zero-order valence-electron chi connectivity index (χ0n) is 24.7. The van der Waals surface area contributed by atoms with Gasteiger partial charge in [0, 0.05) is 48.2 Å². The number of halogens is 4. The first-order chi connectivity index (χ1) is 23.4. The van der Waals surface area contributed by atoms with E-state index in [1.807, 2.05) is 0 Å². The summed E-state index contributed by atoms with van der Waals surface area (Å²) in [6, 6.07) is 15.4. The minimum absolute atomic E-state index is 0.0661. The van der Waals surface area contributed by atoms with Gasteiger partial charge in [0.05, 0.1) is 62.4 Å². The van der Waals surface area contributed by atoms with Gasteiger partial charge in [-0.25, -0.2) is 9.59 Å². The molecule has 0 aliphatic heterocycles. The first-order valence-electron chi connectivity index (χ1n) is 14.0. The van der Waals surface area contributed by atoms with Crippen LogP contribution < -0.4 is 27.9 Å². The van der Waals surface area contributed by atoms with Gasteiger partial charge in [-0.05, 0) is 60.7 Å². The van der Waals surface area contributed by atoms with E-state index in [1.54, 1.807) is 24.3 Å². The number of benzene rings is 4. The number of hydrogen-bond acceptors (Lipinski definition) is 9. The van der Waals surface area contributed by atoms with Crippen LogP contribution in [0, 0.1) is 0 Å². The SMILES string of the molecule is N/N=C(\N)c1cnc2c(-c3c(Cl)ccc(Nc4c(N)cnc5ccc(Cl)cc45)c3C(=O)O)cc(Cl)cc2c1Nc1ccc(Cl)cc1C(=O)O. The molecule has 0 spiro atoms. The molecule has 0 saturated heterocycles. The summed E-state index contributed by atoms with van der Waals surface area (Å²) in [6.45, 7) is 0. The number of fused-ring (bicyclic) bond motifs is 2. The Balaban J connectivity index is 1.62. The first-order valence-corrected chi connectivity index (χ1v) is 15.5. The van der Waals surface area contributed by atoms with E-state index in [2.05, 4.69) is 25.7 Å². The summed E-state index contributed by atoms with van der Waals surface area (Å²) in [5.41, 5.74) is 14.5. The fourth-order valence-electron chi connectivity index (χ4n) is 5.41. The molecule has 2 aromatic heterocycles. The second-order valence-electron chi connectivity index (χ2n) is 10.6. The van der Waals surface area contributed by atoms with Gasteiger partial charge < -0.3 is 38.2 Å². The Kier molecular flexibility index (Phi) is 8.97. The number of rotatable bonds is 8. The molecule has 246 valence electrons. The lowest BCUT2D eigenvalue weighted by Gasteiger charge is -2.20. The monoisotopic (exact) mass is 734 g/mol. The molecule has 2 heterocycles. The van der Waals surface area contributed by atoms with Crippen molar-refractivity contribution in [2.45, 2.75) is 0 Å². The van der Waals surface area contributed by atoms with Crippen LogP contribution in [0.2, 0.25) is 20.1 Å². The van der Waals surface area contributed by atoms with Crippen molar-refractivity contribution in [3.05, 3.63) is 110 Å². The number of hydrazone groups is 1. The van der Waals surface area contributed by atoms with Gasteiger partial charge in [0.25, 0.3) is 0 Å². The summed E-state index contributed by atoms with van der Waals surface area (Å²) in [5.74, 6) is 2.81. The smallest absolute Gasteiger partial charge is 0.338 e. The predicted octanol–water partition coefficient (Wildman–Crippen LogP) is 8.11. The molecule has 0 amide bonds. The van der Waals surface area contributed by atoms with Crippen molar-refractivity contribution >= 4 is 114 Å². The quantitative estimate of drug-likeness (QED) is 0.0343. The van der Waals surface area contributed by atoms with Gasteiger partial charge in [0.15, 0.2) is 5.84 Å². The minimum atomic E-state index is -1.33. The predicted molar refractivity (Wildman–Crippen MR) is 195 cm³/mol. The maximum absolute atomic E-state index is 13.1. The Morgan fingerprint density at radius 1 is 0.735 bits per heavy atom. The normalized spacial score (nSPS) is 11.6. The topological polar surface area (TPSA) is 215 Å². The van der Waals surface area contributed by atoms with Crippen LogP contribution in [0.1, 0.15) is 26.3 Å². The van der Waals surface area contributed by atoms with Crippen LogP contribution in [-0.2, 0) is 0 Å². The number of carboxylic acids is 2. The molecule has 0 bridgehead atoms. The van der Waals surface area contributed by atoms with E-state index < -0.39 is 11.9 Å². The fraction of sp³-hybridized carbons (Fsp3) is 0. The molecule has 0 radical (unpaired) electrons. The lowest BCUT2D eigenvalue weighted by molar-refractivity contribution is 0.0687. The highest BCUT2D eigenvalue weighted by atomic mass is 35.5. The standard InChI is InChI=1S/C33H22Cl4N8O4/c34-13-1-4-23-16(7-13)30(22(38)12-41-23)44-25-6-3-21(37)26(27(25)33(48)49)18-9-15(36)10-19-28(18)42-11-20(31(39)45-40)29(19)43-24-5-2-14(35)8-17(24)32(46)47/h1-12H,38,40H2,(H2,39,45)(H,41,44)(H,42,43)(H,46,47)(H,48,49). The molecule has 16 heteroatoms. The molecule has 0 aliphatic rings. The Labute approximate surface area is 297 Å². The molecule has 49 heavy (non-hydrogen) atoms. The zero-order chi connectivity index (χ0) is 35.1. The van der Waals surface area contributed by atoms with Crippen LogP contribution in [0.15, 0.2) is 78.2 Å². The van der Waals surface area contributed by atoms with Gasteiger partial charge in [-0.15, -0.1) is 0 Å². The number of hydrogen-bond donors (Lipinski definition) is 7. The molecule has 0 unspecified atom stereocenters. The number of carboxylic acid groups (broad SMARTS) is 2. The Morgan fingerprint density at radius 3 is 2.12 bits per heavy atom. The number of anilines is 5. The van der Waals surface area contributed by atoms with Gasteiger partial charge >= 0.3 is 11.9 Å². The molecule has 12 nitrogen and oxygen atoms in total. The Morgan fingerprint density at radius 2 is 1.41 bits per heavy atom. The zero-order valence-corrected chi connectivity index (χ0v) is 27.7. The van der Waals surface area contributed by atoms with Gasteiger partial charge in [-0.2, -0.15) is 5.10 Å². The number of amidine groups is 1. The molecule has 6 rings (SSSR count). The van der Waals surface area contributed by atoms with Crippen molar-refractivity contribution < 1.29 is 19.8 Å². The summed E-state index contributed by atoms with van der Waals surface area (Å²) in [6.07, 6.45) is 2.80. The minimum Gasteiger partial charge on any atom is -0.478 e. The van der Waals surface area contributed by atoms with Gasteiger partial charge in [-0.1, -0.05) is 46.4 Å². The lowest BCUT2D eigenvalue weighted by Crippen LogP contribution is -2.18. The number of nitrogens with zero attached hydrogens (tertiary/aromatic N) is 3. The second kappa shape index (κ2) is 13.2. The molecule has 4 aromatic carbocycles. The van der Waals surface area contributed by atoms with E-state index in [4.69, 9.17) is 63.7 Å². The summed E-state index contributed by atoms with van der Waals surface area (Å²) in [5, 5.41) is 32.1. The molecule has 0 fully saturated rings. The van der Waals surface area contributed by atoms with Crippen molar-refractivity contribution in [2.75, 3.05) is 16.4 Å². The van der Waals surface area contributed by atoms with E-state index >= 15 is 0 Å². The largest absolute Gasteiger partial charge is 0.478 e. The summed E-state index contributed by atoms with van der Waals surface area (Å²) < 4.78 is 0. The van der Waals surface area contributed by atoms with Crippen LogP contribution in [0.4, 0.5) is 28.4 Å². The van der Waals surface area contributed by atoms with E-state index in [1.165, 1.54) is 48.8 Å². The lowest BCUT2D eigenvalue weighted by atomic mass is 9.94. The molecule has 0 atom stereocenters. The van der Waals surface area contributed by atoms with Gasteiger partial charge in [0.2, 0.25) is 0 Å². The third-order valence-corrected chi connectivity index (χ3v) is 8.58. The van der Waals surface area contributed by atoms with Crippen molar-refractivity contribution in [1.29, 1.82) is 0 Å². The number of nitrogens with one attached hydrogen (secondary N) is 2. The molecular formula is C33H22Cl4N8O4. The van der Waals surface area contributed by atoms with Crippen LogP contribution in [0.25, 0.3) is 32.9 Å². The summed E-state index contributed by atoms with van der Waals surface area (Å²) >= 11 is 25.8. The molecule has 0 saturated carbocycles. The molecule has 0 aliphatic carbocycles. The number of pyridine rings is 2. The second-order valence-corrected chi connectivity index (χ2v) is 12.3. The van der Waals surface area contributed by atoms with Gasteiger partial charge in [-0.3, -0.25) is 9.97 Å². The van der Waals surface area contributed by atoms with E-state index in [0.717, 1.165) is 0 Å². The highest BCUT2D eigenvalue weighted by Crippen LogP contribution is 2.44. The number of carbonyl (C=O) groups is 2. The number of nitrogen functional groups attached to an aromatic ring is 1. The van der Waals surface area contributed by atoms with Crippen molar-refractivity contribution in [3.8, 4) is 11.1 Å². The van der Waals surface area contributed by atoms with Crippen molar-refractivity contribution in [1.82, 2.24) is 9.97 Å². The van der Waals surface area contributed by atoms with E-state index in [9.17, 15) is 19.8 Å². The average molecular weight is 736 g/mol. The van der Waals surface area contributed by atoms with Crippen LogP contribution in [0.3, 0.4) is 0 Å². The van der Waals surface area contributed by atoms with Crippen LogP contribution in [0.5, 0.6) is 0 Å². The average Bonchev–Trinajstić information content (AvgIpc) is 3.06. The third kappa shape index (κ3) is 6.25. The molecule has 10 N–H and O–H groups in total. The molecule has 6 aromatic rings. The number of nitrogens with two attached hydrogens (primary N) is 3. The number of aromatic nitrogens is 2.